The molecule has 0 spiro atoms. The van der Waals surface area contributed by atoms with Crippen LogP contribution in [0.2, 0.25) is 0 Å². The lowest BCUT2D eigenvalue weighted by Crippen LogP contribution is -2.29. The average Bonchev–Trinajstić information content (AvgIpc) is 3.33. The Kier molecular flexibility index (Phi) is 2.33. The highest BCUT2D eigenvalue weighted by atomic mass is 16.6. The lowest BCUT2D eigenvalue weighted by molar-refractivity contribution is 0.000105. The molecular weight excluding hydrogens is 276 g/mol. The highest BCUT2D eigenvalue weighted by molar-refractivity contribution is 6.04. The molecule has 4 atom stereocenters. The van der Waals surface area contributed by atoms with E-state index in [-0.39, 0.29) is 12.2 Å². The second-order valence-electron chi connectivity index (χ2n) is 6.34. The summed E-state index contributed by atoms with van der Waals surface area (Å²) < 4.78 is 5.64. The monoisotopic (exact) mass is 292 g/mol. The van der Waals surface area contributed by atoms with Gasteiger partial charge >= 0.3 is 0 Å². The summed E-state index contributed by atoms with van der Waals surface area (Å²) in [5.41, 5.74) is 3.09. The second-order valence-corrected chi connectivity index (χ2v) is 6.34. The van der Waals surface area contributed by atoms with Gasteiger partial charge < -0.3 is 14.9 Å². The van der Waals surface area contributed by atoms with E-state index in [0.29, 0.717) is 0 Å². The molecule has 1 heterocycles. The lowest BCUT2D eigenvalue weighted by Gasteiger charge is -2.25. The molecule has 2 N–H and O–H groups in total. The van der Waals surface area contributed by atoms with Gasteiger partial charge in [0, 0.05) is 0 Å². The standard InChI is InChI=1S/C19H16O3/c1-9-11-5-3-2-4-10(11)8-14-12(9)6-7-13-15(14)18-19(22-18)17(21)16(13)20/h2-8,16-21H,1H3/t16-,17+,18+,19?/m0/s1. The first-order valence-corrected chi connectivity index (χ1v) is 7.63. The number of hydrogen-bond acceptors (Lipinski definition) is 3. The molecule has 3 heteroatoms. The van der Waals surface area contributed by atoms with Gasteiger partial charge in [0.2, 0.25) is 0 Å². The summed E-state index contributed by atoms with van der Waals surface area (Å²) in [5.74, 6) is 0. The van der Waals surface area contributed by atoms with Crippen molar-refractivity contribution in [3.05, 3.63) is 59.2 Å². The quantitative estimate of drug-likeness (QED) is 0.494. The van der Waals surface area contributed by atoms with Gasteiger partial charge in [-0.3, -0.25) is 0 Å². The number of hydrogen-bond donors (Lipinski definition) is 2. The Hall–Kier alpha value is -1.94. The third-order valence-electron chi connectivity index (χ3n) is 5.18. The maximum atomic E-state index is 10.3. The van der Waals surface area contributed by atoms with E-state index in [9.17, 15) is 10.2 Å². The number of ether oxygens (including phenoxy) is 1. The highest BCUT2D eigenvalue weighted by Crippen LogP contribution is 2.53. The van der Waals surface area contributed by atoms with Crippen molar-refractivity contribution >= 4 is 21.5 Å². The Balaban J connectivity index is 1.91. The molecule has 0 bridgehead atoms. The summed E-state index contributed by atoms with van der Waals surface area (Å²) in [4.78, 5) is 0. The molecule has 1 fully saturated rings. The predicted molar refractivity (Wildman–Crippen MR) is 84.8 cm³/mol. The van der Waals surface area contributed by atoms with E-state index < -0.39 is 12.2 Å². The molecule has 110 valence electrons. The van der Waals surface area contributed by atoms with Crippen LogP contribution >= 0.6 is 0 Å². The molecule has 1 saturated heterocycles. The van der Waals surface area contributed by atoms with Crippen LogP contribution in [0.15, 0.2) is 42.5 Å². The van der Waals surface area contributed by atoms with Crippen molar-refractivity contribution < 1.29 is 14.9 Å². The lowest BCUT2D eigenvalue weighted by atomic mass is 9.83. The Labute approximate surface area is 127 Å². The molecule has 3 aromatic rings. The molecule has 0 amide bonds. The molecule has 1 unspecified atom stereocenters. The molecule has 0 radical (unpaired) electrons. The van der Waals surface area contributed by atoms with Gasteiger partial charge in [-0.15, -0.1) is 0 Å². The first kappa shape index (κ1) is 12.6. The summed E-state index contributed by atoms with van der Waals surface area (Å²) in [6.07, 6.45) is -2.04. The number of benzene rings is 3. The van der Waals surface area contributed by atoms with Gasteiger partial charge in [-0.25, -0.2) is 0 Å². The fourth-order valence-electron chi connectivity index (χ4n) is 3.96. The smallest absolute Gasteiger partial charge is 0.118 e. The van der Waals surface area contributed by atoms with Crippen molar-refractivity contribution in [2.24, 2.45) is 0 Å². The molecule has 3 nitrogen and oxygen atoms in total. The summed E-state index contributed by atoms with van der Waals surface area (Å²) in [7, 11) is 0. The van der Waals surface area contributed by atoms with Gasteiger partial charge in [-0.2, -0.15) is 0 Å². The van der Waals surface area contributed by atoms with Crippen LogP contribution in [0, 0.1) is 6.92 Å². The Bertz CT molecular complexity index is 931. The highest BCUT2D eigenvalue weighted by Gasteiger charge is 2.54. The molecule has 0 saturated carbocycles. The topological polar surface area (TPSA) is 53.0 Å². The summed E-state index contributed by atoms with van der Waals surface area (Å²) in [6.45, 7) is 2.14. The van der Waals surface area contributed by atoms with Crippen LogP contribution < -0.4 is 0 Å². The van der Waals surface area contributed by atoms with Gasteiger partial charge in [0.15, 0.2) is 0 Å². The number of rotatable bonds is 0. The Morgan fingerprint density at radius 1 is 0.955 bits per heavy atom. The fraction of sp³-hybridized carbons (Fsp3) is 0.263. The van der Waals surface area contributed by atoms with Crippen molar-refractivity contribution in [3.8, 4) is 0 Å². The maximum absolute atomic E-state index is 10.3. The van der Waals surface area contributed by atoms with E-state index in [4.69, 9.17) is 4.74 Å². The van der Waals surface area contributed by atoms with Crippen LogP contribution in [0.3, 0.4) is 0 Å². The average molecular weight is 292 g/mol. The fourth-order valence-corrected chi connectivity index (χ4v) is 3.96. The SMILES string of the molecule is Cc1c2ccccc2cc2c3c(ccc12)[C@H](O)[C@@H](O)C1O[C@H]31. The summed E-state index contributed by atoms with van der Waals surface area (Å²) in [5, 5.41) is 25.2. The minimum Gasteiger partial charge on any atom is -0.387 e. The minimum atomic E-state index is -0.866. The molecule has 1 aliphatic carbocycles. The van der Waals surface area contributed by atoms with Gasteiger partial charge in [0.1, 0.15) is 24.4 Å². The molecule has 5 rings (SSSR count). The normalized spacial score (nSPS) is 29.4. The second kappa shape index (κ2) is 4.07. The number of aliphatic hydroxyl groups excluding tert-OH is 2. The Morgan fingerprint density at radius 3 is 2.64 bits per heavy atom. The van der Waals surface area contributed by atoms with Gasteiger partial charge in [-0.1, -0.05) is 36.4 Å². The van der Waals surface area contributed by atoms with Crippen molar-refractivity contribution in [3.63, 3.8) is 0 Å². The summed E-state index contributed by atoms with van der Waals surface area (Å²) in [6, 6.07) is 14.5. The molecule has 1 aliphatic heterocycles. The van der Waals surface area contributed by atoms with Crippen molar-refractivity contribution in [1.29, 1.82) is 0 Å². The van der Waals surface area contributed by atoms with E-state index in [1.54, 1.807) is 0 Å². The molecule has 2 aliphatic rings. The maximum Gasteiger partial charge on any atom is 0.118 e. The van der Waals surface area contributed by atoms with Crippen LogP contribution in [-0.4, -0.2) is 22.4 Å². The van der Waals surface area contributed by atoms with Gasteiger partial charge in [0.25, 0.3) is 0 Å². The zero-order valence-electron chi connectivity index (χ0n) is 12.2. The zero-order valence-corrected chi connectivity index (χ0v) is 12.2. The predicted octanol–water partition coefficient (Wildman–Crippen LogP) is 3.15. The van der Waals surface area contributed by atoms with Gasteiger partial charge in [0.05, 0.1) is 0 Å². The zero-order chi connectivity index (χ0) is 15.0. The summed E-state index contributed by atoms with van der Waals surface area (Å²) >= 11 is 0. The van der Waals surface area contributed by atoms with Crippen molar-refractivity contribution in [1.82, 2.24) is 0 Å². The van der Waals surface area contributed by atoms with Crippen molar-refractivity contribution in [2.75, 3.05) is 0 Å². The minimum absolute atomic E-state index is 0.0855. The van der Waals surface area contributed by atoms with Crippen LogP contribution in [-0.2, 0) is 4.74 Å². The van der Waals surface area contributed by atoms with E-state index in [1.807, 2.05) is 12.1 Å². The number of aliphatic hydroxyl groups is 2. The van der Waals surface area contributed by atoms with E-state index in [2.05, 4.69) is 37.3 Å². The number of fused-ring (bicyclic) bond motifs is 6. The molecule has 0 aromatic heterocycles. The van der Waals surface area contributed by atoms with E-state index >= 15 is 0 Å². The number of epoxide rings is 1. The molecule has 22 heavy (non-hydrogen) atoms. The largest absolute Gasteiger partial charge is 0.387 e. The third kappa shape index (κ3) is 1.46. The van der Waals surface area contributed by atoms with E-state index in [0.717, 1.165) is 16.5 Å². The van der Waals surface area contributed by atoms with E-state index in [1.165, 1.54) is 21.7 Å². The van der Waals surface area contributed by atoms with Crippen LogP contribution in [0.4, 0.5) is 0 Å². The third-order valence-corrected chi connectivity index (χ3v) is 5.18. The first-order valence-electron chi connectivity index (χ1n) is 7.63. The first-order chi connectivity index (χ1) is 10.7. The van der Waals surface area contributed by atoms with Gasteiger partial charge in [-0.05, 0) is 51.2 Å². The van der Waals surface area contributed by atoms with Crippen LogP contribution in [0.5, 0.6) is 0 Å². The molecular formula is C19H16O3. The van der Waals surface area contributed by atoms with Crippen LogP contribution in [0.1, 0.15) is 28.9 Å². The van der Waals surface area contributed by atoms with Crippen molar-refractivity contribution in [2.45, 2.75) is 31.3 Å². The van der Waals surface area contributed by atoms with Crippen LogP contribution in [0.25, 0.3) is 21.5 Å². The molecule has 3 aromatic carbocycles. The number of aryl methyl sites for hydroxylation is 1. The Morgan fingerprint density at radius 2 is 1.77 bits per heavy atom.